The van der Waals surface area contributed by atoms with Crippen molar-refractivity contribution in [2.45, 2.75) is 6.04 Å². The van der Waals surface area contributed by atoms with Crippen molar-refractivity contribution in [3.05, 3.63) is 98.1 Å². The highest BCUT2D eigenvalue weighted by molar-refractivity contribution is 6.42. The average Bonchev–Trinajstić information content (AvgIpc) is 3.04. The van der Waals surface area contributed by atoms with E-state index in [1.807, 2.05) is 0 Å². The molecule has 2 aromatic heterocycles. The number of rotatable bonds is 2. The molecule has 2 aromatic carbocycles. The fraction of sp³-hybridized carbons (Fsp3) is 0.0476. The van der Waals surface area contributed by atoms with Gasteiger partial charge in [0.2, 0.25) is 11.7 Å². The third-order valence-corrected chi connectivity index (χ3v) is 5.54. The van der Waals surface area contributed by atoms with Gasteiger partial charge < -0.3 is 4.42 Å². The number of carbonyl (C=O) groups excluding carboxylic acids is 1. The third-order valence-electron chi connectivity index (χ3n) is 4.80. The van der Waals surface area contributed by atoms with E-state index in [2.05, 4.69) is 9.97 Å². The van der Waals surface area contributed by atoms with Crippen LogP contribution in [0.2, 0.25) is 10.0 Å². The molecule has 0 radical (unpaired) electrons. The normalized spacial score (nSPS) is 15.7. The summed E-state index contributed by atoms with van der Waals surface area (Å²) < 4.78 is 5.85. The number of benzene rings is 2. The number of halogens is 2. The Morgan fingerprint density at radius 2 is 1.69 bits per heavy atom. The van der Waals surface area contributed by atoms with E-state index in [4.69, 9.17) is 27.6 Å². The van der Waals surface area contributed by atoms with E-state index in [9.17, 15) is 9.59 Å². The number of fused-ring (bicyclic) bond motifs is 2. The summed E-state index contributed by atoms with van der Waals surface area (Å²) >= 11 is 12.3. The molecule has 1 aliphatic rings. The number of para-hydroxylation sites is 1. The van der Waals surface area contributed by atoms with Gasteiger partial charge in [-0.25, -0.2) is 9.97 Å². The fourth-order valence-corrected chi connectivity index (χ4v) is 3.85. The Hall–Kier alpha value is -3.22. The molecular formula is C21H11Cl2N3O3. The molecule has 142 valence electrons. The van der Waals surface area contributed by atoms with Crippen LogP contribution in [0.15, 0.2) is 70.1 Å². The first kappa shape index (κ1) is 17.8. The lowest BCUT2D eigenvalue weighted by Gasteiger charge is -2.23. The Morgan fingerprint density at radius 1 is 0.931 bits per heavy atom. The van der Waals surface area contributed by atoms with E-state index < -0.39 is 11.9 Å². The molecule has 0 spiro atoms. The van der Waals surface area contributed by atoms with Crippen molar-refractivity contribution in [2.24, 2.45) is 0 Å². The Bertz CT molecular complexity index is 1340. The maximum atomic E-state index is 13.3. The maximum Gasteiger partial charge on any atom is 0.297 e. The van der Waals surface area contributed by atoms with Gasteiger partial charge in [-0.2, -0.15) is 0 Å². The lowest BCUT2D eigenvalue weighted by Crippen LogP contribution is -2.31. The van der Waals surface area contributed by atoms with Gasteiger partial charge in [-0.1, -0.05) is 41.4 Å². The summed E-state index contributed by atoms with van der Waals surface area (Å²) in [5.74, 6) is -0.370. The Balaban J connectivity index is 1.84. The summed E-state index contributed by atoms with van der Waals surface area (Å²) in [5, 5.41) is 1.07. The minimum atomic E-state index is -0.796. The number of amides is 1. The van der Waals surface area contributed by atoms with Gasteiger partial charge in [0.1, 0.15) is 5.58 Å². The number of hydrogen-bond donors (Lipinski definition) is 0. The van der Waals surface area contributed by atoms with E-state index in [0.717, 1.165) is 0 Å². The van der Waals surface area contributed by atoms with E-state index >= 15 is 0 Å². The molecule has 0 saturated carbocycles. The smallest absolute Gasteiger partial charge is 0.297 e. The molecule has 6 nitrogen and oxygen atoms in total. The molecule has 0 fully saturated rings. The quantitative estimate of drug-likeness (QED) is 0.469. The molecule has 0 bridgehead atoms. The van der Waals surface area contributed by atoms with Gasteiger partial charge in [0.05, 0.1) is 27.0 Å². The Kier molecular flexibility index (Phi) is 4.12. The topological polar surface area (TPSA) is 76.3 Å². The molecule has 1 amide bonds. The van der Waals surface area contributed by atoms with Gasteiger partial charge in [0, 0.05) is 12.4 Å². The number of hydrogen-bond acceptors (Lipinski definition) is 5. The molecule has 29 heavy (non-hydrogen) atoms. The van der Waals surface area contributed by atoms with Crippen LogP contribution in [0.5, 0.6) is 0 Å². The second-order valence-electron chi connectivity index (χ2n) is 6.47. The van der Waals surface area contributed by atoms with Gasteiger partial charge in [0.15, 0.2) is 5.43 Å². The number of anilines is 1. The van der Waals surface area contributed by atoms with Crippen LogP contribution in [0.1, 0.15) is 27.7 Å². The number of nitrogens with zero attached hydrogens (tertiary/aromatic N) is 3. The molecule has 1 unspecified atom stereocenters. The van der Waals surface area contributed by atoms with Gasteiger partial charge in [-0.15, -0.1) is 0 Å². The van der Waals surface area contributed by atoms with Gasteiger partial charge >= 0.3 is 0 Å². The van der Waals surface area contributed by atoms with Crippen LogP contribution in [0.25, 0.3) is 11.0 Å². The first-order valence-corrected chi connectivity index (χ1v) is 9.43. The van der Waals surface area contributed by atoms with Crippen molar-refractivity contribution in [3.63, 3.8) is 0 Å². The van der Waals surface area contributed by atoms with E-state index in [1.54, 1.807) is 48.5 Å². The van der Waals surface area contributed by atoms with Crippen molar-refractivity contribution in [3.8, 4) is 0 Å². The predicted molar refractivity (Wildman–Crippen MR) is 110 cm³/mol. The van der Waals surface area contributed by atoms with Crippen LogP contribution in [0.4, 0.5) is 5.95 Å². The summed E-state index contributed by atoms with van der Waals surface area (Å²) in [4.78, 5) is 36.4. The third kappa shape index (κ3) is 2.72. The van der Waals surface area contributed by atoms with Crippen molar-refractivity contribution in [2.75, 3.05) is 4.90 Å². The van der Waals surface area contributed by atoms with E-state index in [-0.39, 0.29) is 22.7 Å². The summed E-state index contributed by atoms with van der Waals surface area (Å²) in [5.41, 5.74) is 0.874. The van der Waals surface area contributed by atoms with E-state index in [1.165, 1.54) is 17.3 Å². The van der Waals surface area contributed by atoms with Crippen LogP contribution in [0, 0.1) is 0 Å². The summed E-state index contributed by atoms with van der Waals surface area (Å²) in [6.07, 6.45) is 3.05. The second-order valence-corrected chi connectivity index (χ2v) is 7.28. The van der Waals surface area contributed by atoms with Crippen molar-refractivity contribution < 1.29 is 9.21 Å². The van der Waals surface area contributed by atoms with Crippen LogP contribution in [-0.2, 0) is 0 Å². The molecule has 5 rings (SSSR count). The Labute approximate surface area is 174 Å². The summed E-state index contributed by atoms with van der Waals surface area (Å²) in [6, 6.07) is 12.6. The Morgan fingerprint density at radius 3 is 2.45 bits per heavy atom. The second kappa shape index (κ2) is 6.69. The van der Waals surface area contributed by atoms with Gasteiger partial charge in [0.25, 0.3) is 5.91 Å². The maximum absolute atomic E-state index is 13.3. The summed E-state index contributed by atoms with van der Waals surface area (Å²) in [7, 11) is 0. The first-order chi connectivity index (χ1) is 14.1. The highest BCUT2D eigenvalue weighted by Crippen LogP contribution is 2.41. The molecule has 0 N–H and O–H groups in total. The highest BCUT2D eigenvalue weighted by atomic mass is 35.5. The summed E-state index contributed by atoms with van der Waals surface area (Å²) in [6.45, 7) is 0. The first-order valence-electron chi connectivity index (χ1n) is 8.67. The zero-order chi connectivity index (χ0) is 20.1. The van der Waals surface area contributed by atoms with Crippen molar-refractivity contribution in [1.82, 2.24) is 9.97 Å². The van der Waals surface area contributed by atoms with Crippen LogP contribution in [0.3, 0.4) is 0 Å². The standard InChI is InChI=1S/C21H11Cl2N3O3/c22-13-7-6-11(10-14(13)23)17-16-18(27)12-4-1-2-5-15(12)29-19(16)20(28)26(17)21-24-8-3-9-25-21/h1-10,17H. The lowest BCUT2D eigenvalue weighted by atomic mass is 9.98. The largest absolute Gasteiger partial charge is 0.450 e. The zero-order valence-corrected chi connectivity index (χ0v) is 16.2. The average molecular weight is 424 g/mol. The van der Waals surface area contributed by atoms with Gasteiger partial charge in [-0.3, -0.25) is 14.5 Å². The minimum Gasteiger partial charge on any atom is -0.450 e. The van der Waals surface area contributed by atoms with E-state index in [0.29, 0.717) is 26.6 Å². The predicted octanol–water partition coefficient (Wildman–Crippen LogP) is 4.64. The molecule has 3 heterocycles. The van der Waals surface area contributed by atoms with Crippen LogP contribution in [-0.4, -0.2) is 15.9 Å². The van der Waals surface area contributed by atoms with Crippen molar-refractivity contribution in [1.29, 1.82) is 0 Å². The fourth-order valence-electron chi connectivity index (χ4n) is 3.54. The molecule has 0 saturated heterocycles. The molecule has 0 aliphatic carbocycles. The zero-order valence-electron chi connectivity index (χ0n) is 14.7. The van der Waals surface area contributed by atoms with Crippen LogP contribution >= 0.6 is 23.2 Å². The van der Waals surface area contributed by atoms with Gasteiger partial charge in [-0.05, 0) is 35.9 Å². The monoisotopic (exact) mass is 423 g/mol. The number of carbonyl (C=O) groups is 1. The van der Waals surface area contributed by atoms with Crippen molar-refractivity contribution >= 4 is 46.0 Å². The molecule has 4 aromatic rings. The lowest BCUT2D eigenvalue weighted by molar-refractivity contribution is 0.0969. The molecular weight excluding hydrogens is 413 g/mol. The SMILES string of the molecule is O=C1c2oc3ccccc3c(=O)c2C(c2ccc(Cl)c(Cl)c2)N1c1ncccn1. The molecule has 1 atom stereocenters. The minimum absolute atomic E-state index is 0.0303. The van der Waals surface area contributed by atoms with Crippen LogP contribution < -0.4 is 10.3 Å². The number of aromatic nitrogens is 2. The highest BCUT2D eigenvalue weighted by Gasteiger charge is 2.45. The molecule has 8 heteroatoms. The molecule has 1 aliphatic heterocycles.